The van der Waals surface area contributed by atoms with Gasteiger partial charge in [-0.25, -0.2) is 0 Å². The van der Waals surface area contributed by atoms with E-state index in [9.17, 15) is 9.90 Å². The largest absolute Gasteiger partial charge is 0.377 e. The summed E-state index contributed by atoms with van der Waals surface area (Å²) < 4.78 is 0. The number of hydrogen-bond donors (Lipinski definition) is 1. The molecular weight excluding hydrogens is 296 g/mol. The average Bonchev–Trinajstić information content (AvgIpc) is 2.88. The highest BCUT2D eigenvalue weighted by atomic mass is 16.3. The van der Waals surface area contributed by atoms with Crippen LogP contribution in [-0.2, 0) is 4.79 Å². The number of terminal acetylenes is 1. The summed E-state index contributed by atoms with van der Waals surface area (Å²) in [5, 5.41) is 11.1. The van der Waals surface area contributed by atoms with Crippen molar-refractivity contribution in [3.63, 3.8) is 0 Å². The first kappa shape index (κ1) is 17.7. The van der Waals surface area contributed by atoms with Gasteiger partial charge in [-0.15, -0.1) is 6.42 Å². The fourth-order valence-corrected chi connectivity index (χ4v) is 6.96. The maximum absolute atomic E-state index is 11.8. The van der Waals surface area contributed by atoms with Gasteiger partial charge >= 0.3 is 0 Å². The van der Waals surface area contributed by atoms with Crippen LogP contribution in [0.25, 0.3) is 0 Å². The number of allylic oxidation sites excluding steroid dienone is 1. The Kier molecular flexibility index (Phi) is 4.45. The van der Waals surface area contributed by atoms with Gasteiger partial charge in [-0.05, 0) is 81.1 Å². The van der Waals surface area contributed by atoms with E-state index in [1.165, 1.54) is 18.4 Å². The topological polar surface area (TPSA) is 37.3 Å². The van der Waals surface area contributed by atoms with Crippen LogP contribution in [0.5, 0.6) is 0 Å². The van der Waals surface area contributed by atoms with Crippen LogP contribution < -0.4 is 0 Å². The first-order chi connectivity index (χ1) is 11.0. The molecule has 0 aromatic carbocycles. The Labute approximate surface area is 147 Å². The molecule has 0 heterocycles. The molecule has 4 aliphatic carbocycles. The van der Waals surface area contributed by atoms with Crippen LogP contribution in [0.15, 0.2) is 11.6 Å². The van der Waals surface area contributed by atoms with Gasteiger partial charge in [0.05, 0.1) is 0 Å². The number of rotatable bonds is 1. The molecule has 132 valence electrons. The van der Waals surface area contributed by atoms with Gasteiger partial charge in [-0.2, -0.15) is 0 Å². The van der Waals surface area contributed by atoms with Gasteiger partial charge in [-0.1, -0.05) is 25.8 Å². The van der Waals surface area contributed by atoms with E-state index in [0.29, 0.717) is 29.5 Å². The van der Waals surface area contributed by atoms with E-state index in [1.54, 1.807) is 0 Å². The van der Waals surface area contributed by atoms with Crippen LogP contribution in [0.2, 0.25) is 0 Å². The van der Waals surface area contributed by atoms with Gasteiger partial charge in [0.25, 0.3) is 0 Å². The maximum atomic E-state index is 11.8. The third-order valence-corrected chi connectivity index (χ3v) is 8.02. The van der Waals surface area contributed by atoms with E-state index in [1.807, 2.05) is 6.08 Å². The first-order valence-electron chi connectivity index (χ1n) is 9.48. The summed E-state index contributed by atoms with van der Waals surface area (Å²) in [6, 6.07) is 0. The van der Waals surface area contributed by atoms with Gasteiger partial charge in [0.15, 0.2) is 5.78 Å². The highest BCUT2D eigenvalue weighted by Gasteiger charge is 2.63. The predicted molar refractivity (Wildman–Crippen MR) is 97.2 cm³/mol. The van der Waals surface area contributed by atoms with Crippen LogP contribution in [0.1, 0.15) is 72.1 Å². The fraction of sp³-hybridized carbons (Fsp3) is 0.773. The Morgan fingerprint density at radius 2 is 2.00 bits per heavy atom. The number of carbonyl (C=O) groups is 1. The van der Waals surface area contributed by atoms with Crippen LogP contribution in [0.3, 0.4) is 0 Å². The summed E-state index contributed by atoms with van der Waals surface area (Å²) in [5.41, 5.74) is 0.474. The molecule has 0 aromatic rings. The third kappa shape index (κ3) is 2.17. The van der Waals surface area contributed by atoms with E-state index in [0.717, 1.165) is 44.9 Å². The fourth-order valence-electron chi connectivity index (χ4n) is 6.96. The third-order valence-electron chi connectivity index (χ3n) is 8.02. The standard InChI is InChI=1S/C21H28O2.CH4/c1-3-20-11-9-17-16-8-6-15(22)13-14(16)5-7-18(17)19(20)10-12-21(20,23)4-2;/h2,13,16-19,23H,3,5-12H2,1H3;1H4/t16-,17+,18+,19?,20-,21-;/m0./s1. The van der Waals surface area contributed by atoms with Crippen LogP contribution in [0, 0.1) is 41.4 Å². The van der Waals surface area contributed by atoms with Gasteiger partial charge in [0.1, 0.15) is 5.60 Å². The van der Waals surface area contributed by atoms with E-state index in [2.05, 4.69) is 12.8 Å². The summed E-state index contributed by atoms with van der Waals surface area (Å²) >= 11 is 0. The minimum absolute atomic E-state index is 0. The highest BCUT2D eigenvalue weighted by molar-refractivity contribution is 5.91. The van der Waals surface area contributed by atoms with Crippen molar-refractivity contribution in [2.45, 2.75) is 77.7 Å². The molecule has 0 bridgehead atoms. The molecule has 24 heavy (non-hydrogen) atoms. The molecule has 3 fully saturated rings. The maximum Gasteiger partial charge on any atom is 0.155 e. The van der Waals surface area contributed by atoms with Gasteiger partial charge in [0, 0.05) is 11.8 Å². The average molecular weight is 328 g/mol. The summed E-state index contributed by atoms with van der Waals surface area (Å²) in [4.78, 5) is 11.8. The van der Waals surface area contributed by atoms with E-state index in [4.69, 9.17) is 6.42 Å². The summed E-state index contributed by atoms with van der Waals surface area (Å²) in [6.45, 7) is 2.22. The molecule has 1 unspecified atom stereocenters. The summed E-state index contributed by atoms with van der Waals surface area (Å²) in [5.74, 6) is 5.73. The molecule has 0 amide bonds. The number of ketones is 1. The van der Waals surface area contributed by atoms with Crippen LogP contribution >= 0.6 is 0 Å². The van der Waals surface area contributed by atoms with Gasteiger partial charge < -0.3 is 5.11 Å². The molecule has 0 aromatic heterocycles. The normalized spacial score (nSPS) is 46.7. The van der Waals surface area contributed by atoms with Crippen molar-refractivity contribution in [3.05, 3.63) is 11.6 Å². The Bertz CT molecular complexity index is 598. The van der Waals surface area contributed by atoms with E-state index >= 15 is 0 Å². The van der Waals surface area contributed by atoms with E-state index in [-0.39, 0.29) is 12.8 Å². The molecule has 0 aliphatic heterocycles. The monoisotopic (exact) mass is 328 g/mol. The quantitative estimate of drug-likeness (QED) is 0.719. The Hall–Kier alpha value is -1.07. The lowest BCUT2D eigenvalue weighted by molar-refractivity contribution is -0.117. The second kappa shape index (κ2) is 6.03. The minimum atomic E-state index is -0.893. The van der Waals surface area contributed by atoms with Crippen molar-refractivity contribution in [3.8, 4) is 12.3 Å². The molecule has 2 heteroatoms. The smallest absolute Gasteiger partial charge is 0.155 e. The zero-order chi connectivity index (χ0) is 16.2. The lowest BCUT2D eigenvalue weighted by atomic mass is 9.49. The molecule has 0 spiro atoms. The number of fused-ring (bicyclic) bond motifs is 5. The van der Waals surface area contributed by atoms with Crippen molar-refractivity contribution < 1.29 is 9.90 Å². The lowest BCUT2D eigenvalue weighted by Gasteiger charge is -2.55. The Balaban J connectivity index is 0.00000169. The molecular formula is C22H32O2. The first-order valence-corrected chi connectivity index (χ1v) is 9.48. The zero-order valence-corrected chi connectivity index (χ0v) is 14.2. The number of hydrogen-bond acceptors (Lipinski definition) is 2. The van der Waals surface area contributed by atoms with Crippen molar-refractivity contribution in [1.82, 2.24) is 0 Å². The van der Waals surface area contributed by atoms with Crippen molar-refractivity contribution in [2.75, 3.05) is 0 Å². The molecule has 0 saturated heterocycles. The van der Waals surface area contributed by atoms with Crippen molar-refractivity contribution in [1.29, 1.82) is 0 Å². The molecule has 4 aliphatic rings. The highest BCUT2D eigenvalue weighted by Crippen LogP contribution is 2.66. The van der Waals surface area contributed by atoms with Crippen molar-refractivity contribution in [2.24, 2.45) is 29.1 Å². The molecule has 0 radical (unpaired) electrons. The van der Waals surface area contributed by atoms with Crippen LogP contribution in [-0.4, -0.2) is 16.5 Å². The van der Waals surface area contributed by atoms with E-state index < -0.39 is 5.60 Å². The zero-order valence-electron chi connectivity index (χ0n) is 14.2. The SMILES string of the molecule is C.C#C[C@]1(O)CCC2[C@@H]3CCC4=CC(=O)CC[C@@H]4[C@H]3CC[C@@]21CC. The van der Waals surface area contributed by atoms with Crippen molar-refractivity contribution >= 4 is 5.78 Å². The lowest BCUT2D eigenvalue weighted by Crippen LogP contribution is -2.53. The predicted octanol–water partition coefficient (Wildman–Crippen LogP) is 4.52. The second-order valence-electron chi connectivity index (χ2n) is 8.40. The summed E-state index contributed by atoms with van der Waals surface area (Å²) in [7, 11) is 0. The van der Waals surface area contributed by atoms with Gasteiger partial charge in [0.2, 0.25) is 0 Å². The Morgan fingerprint density at radius 3 is 2.71 bits per heavy atom. The molecule has 2 nitrogen and oxygen atoms in total. The molecule has 3 saturated carbocycles. The summed E-state index contributed by atoms with van der Waals surface area (Å²) in [6.07, 6.45) is 16.9. The number of aliphatic hydroxyl groups is 1. The minimum Gasteiger partial charge on any atom is -0.377 e. The molecule has 6 atom stereocenters. The number of carbonyl (C=O) groups excluding carboxylic acids is 1. The Morgan fingerprint density at radius 1 is 1.21 bits per heavy atom. The molecule has 4 rings (SSSR count). The van der Waals surface area contributed by atoms with Crippen LogP contribution in [0.4, 0.5) is 0 Å². The van der Waals surface area contributed by atoms with Gasteiger partial charge in [-0.3, -0.25) is 4.79 Å². The second-order valence-corrected chi connectivity index (χ2v) is 8.40. The molecule has 1 N–H and O–H groups in total.